The van der Waals surface area contributed by atoms with Gasteiger partial charge >= 0.3 is 11.9 Å². The number of rotatable bonds is 5. The number of benzene rings is 2. The van der Waals surface area contributed by atoms with Gasteiger partial charge in [0.25, 0.3) is 0 Å². The van der Waals surface area contributed by atoms with Gasteiger partial charge in [0.1, 0.15) is 12.2 Å². The molecule has 0 bridgehead atoms. The molecule has 0 aliphatic carbocycles. The third-order valence-electron chi connectivity index (χ3n) is 3.08. The summed E-state index contributed by atoms with van der Waals surface area (Å²) in [6.45, 7) is 3.25. The molecule has 0 heterocycles. The summed E-state index contributed by atoms with van der Waals surface area (Å²) < 4.78 is 10.6. The summed E-state index contributed by atoms with van der Waals surface area (Å²) in [4.78, 5) is 24.1. The first-order chi connectivity index (χ1) is 11.3. The highest BCUT2D eigenvalue weighted by molar-refractivity contribution is 6.30. The van der Waals surface area contributed by atoms with Crippen LogP contribution in [0.3, 0.4) is 0 Å². The minimum absolute atomic E-state index is 0.0756. The first kappa shape index (κ1) is 18.3. The van der Waals surface area contributed by atoms with Gasteiger partial charge in [-0.05, 0) is 62.4 Å². The molecule has 0 spiro atoms. The standard InChI is InChI=1S/C18H16Cl2O4/c1-18(2,24-17(22)13-5-9-15(20)10-6-13)11-23-16(21)12-3-7-14(19)8-4-12/h3-10H,11H2,1-2H3. The predicted molar refractivity (Wildman–Crippen MR) is 92.7 cm³/mol. The van der Waals surface area contributed by atoms with Gasteiger partial charge in [0.05, 0.1) is 11.1 Å². The normalized spacial score (nSPS) is 11.0. The van der Waals surface area contributed by atoms with E-state index in [4.69, 9.17) is 32.7 Å². The highest BCUT2D eigenvalue weighted by atomic mass is 35.5. The zero-order chi connectivity index (χ0) is 17.7. The molecule has 6 heteroatoms. The Hall–Kier alpha value is -2.04. The summed E-state index contributed by atoms with van der Waals surface area (Å²) in [5.41, 5.74) is -0.227. The number of ether oxygens (including phenoxy) is 2. The third kappa shape index (κ3) is 5.25. The minimum atomic E-state index is -0.973. The molecule has 0 aliphatic rings. The average molecular weight is 367 g/mol. The largest absolute Gasteiger partial charge is 0.458 e. The van der Waals surface area contributed by atoms with Crippen LogP contribution in [0.4, 0.5) is 0 Å². The Kier molecular flexibility index (Phi) is 5.86. The van der Waals surface area contributed by atoms with E-state index in [9.17, 15) is 9.59 Å². The Morgan fingerprint density at radius 3 is 1.71 bits per heavy atom. The molecule has 0 aromatic heterocycles. The Bertz CT molecular complexity index is 722. The van der Waals surface area contributed by atoms with Crippen molar-refractivity contribution in [2.45, 2.75) is 19.4 Å². The number of esters is 2. The SMILES string of the molecule is CC(C)(COC(=O)c1ccc(Cl)cc1)OC(=O)c1ccc(Cl)cc1. The van der Waals surface area contributed by atoms with E-state index in [0.29, 0.717) is 21.2 Å². The fraction of sp³-hybridized carbons (Fsp3) is 0.222. The maximum atomic E-state index is 12.1. The summed E-state index contributed by atoms with van der Waals surface area (Å²) in [7, 11) is 0. The number of carbonyl (C=O) groups excluding carboxylic acids is 2. The number of halogens is 2. The molecule has 0 radical (unpaired) electrons. The number of hydrogen-bond donors (Lipinski definition) is 0. The fourth-order valence-electron chi connectivity index (χ4n) is 1.83. The lowest BCUT2D eigenvalue weighted by atomic mass is 10.1. The fourth-order valence-corrected chi connectivity index (χ4v) is 2.09. The van der Waals surface area contributed by atoms with Crippen LogP contribution >= 0.6 is 23.2 Å². The average Bonchev–Trinajstić information content (AvgIpc) is 2.53. The van der Waals surface area contributed by atoms with Crippen LogP contribution in [0.5, 0.6) is 0 Å². The van der Waals surface area contributed by atoms with E-state index in [1.165, 1.54) is 0 Å². The van der Waals surface area contributed by atoms with E-state index >= 15 is 0 Å². The maximum Gasteiger partial charge on any atom is 0.338 e. The van der Waals surface area contributed by atoms with E-state index in [-0.39, 0.29) is 6.61 Å². The highest BCUT2D eigenvalue weighted by Crippen LogP contribution is 2.17. The Morgan fingerprint density at radius 1 is 0.833 bits per heavy atom. The van der Waals surface area contributed by atoms with E-state index in [0.717, 1.165) is 0 Å². The van der Waals surface area contributed by atoms with Crippen molar-refractivity contribution in [2.75, 3.05) is 6.61 Å². The quantitative estimate of drug-likeness (QED) is 0.714. The molecule has 2 rings (SSSR count). The van der Waals surface area contributed by atoms with Crippen molar-refractivity contribution in [1.82, 2.24) is 0 Å². The van der Waals surface area contributed by atoms with Gasteiger partial charge in [0.15, 0.2) is 0 Å². The van der Waals surface area contributed by atoms with Crippen LogP contribution in [-0.4, -0.2) is 24.1 Å². The van der Waals surface area contributed by atoms with Crippen LogP contribution < -0.4 is 0 Å². The highest BCUT2D eigenvalue weighted by Gasteiger charge is 2.26. The van der Waals surface area contributed by atoms with Gasteiger partial charge in [0, 0.05) is 10.0 Å². The molecule has 4 nitrogen and oxygen atoms in total. The molecule has 0 fully saturated rings. The third-order valence-corrected chi connectivity index (χ3v) is 3.58. The topological polar surface area (TPSA) is 52.6 Å². The van der Waals surface area contributed by atoms with Crippen molar-refractivity contribution in [2.24, 2.45) is 0 Å². The van der Waals surface area contributed by atoms with Crippen LogP contribution in [0.15, 0.2) is 48.5 Å². The second-order valence-electron chi connectivity index (χ2n) is 5.74. The van der Waals surface area contributed by atoms with Gasteiger partial charge in [-0.2, -0.15) is 0 Å². The molecule has 2 aromatic carbocycles. The molecule has 0 saturated carbocycles. The van der Waals surface area contributed by atoms with Gasteiger partial charge < -0.3 is 9.47 Å². The van der Waals surface area contributed by atoms with Crippen LogP contribution in [-0.2, 0) is 9.47 Å². The van der Waals surface area contributed by atoms with E-state index in [2.05, 4.69) is 0 Å². The van der Waals surface area contributed by atoms with Crippen LogP contribution in [0.25, 0.3) is 0 Å². The van der Waals surface area contributed by atoms with Crippen molar-refractivity contribution in [3.63, 3.8) is 0 Å². The molecule has 0 atom stereocenters. The number of carbonyl (C=O) groups is 2. The summed E-state index contributed by atoms with van der Waals surface area (Å²) in [6.07, 6.45) is 0. The van der Waals surface area contributed by atoms with Crippen LogP contribution in [0.2, 0.25) is 10.0 Å². The van der Waals surface area contributed by atoms with Crippen molar-refractivity contribution in [1.29, 1.82) is 0 Å². The first-order valence-corrected chi connectivity index (χ1v) is 7.94. The summed E-state index contributed by atoms with van der Waals surface area (Å²) >= 11 is 11.6. The molecule has 0 saturated heterocycles. The lowest BCUT2D eigenvalue weighted by Gasteiger charge is -2.24. The van der Waals surface area contributed by atoms with Gasteiger partial charge in [-0.25, -0.2) is 9.59 Å². The Balaban J connectivity index is 1.93. The molecule has 0 amide bonds. The molecule has 0 N–H and O–H groups in total. The van der Waals surface area contributed by atoms with Crippen LogP contribution in [0, 0.1) is 0 Å². The van der Waals surface area contributed by atoms with E-state index < -0.39 is 17.5 Å². The number of hydrogen-bond acceptors (Lipinski definition) is 4. The molecular weight excluding hydrogens is 351 g/mol. The summed E-state index contributed by atoms with van der Waals surface area (Å²) in [5.74, 6) is -1.03. The summed E-state index contributed by atoms with van der Waals surface area (Å²) in [6, 6.07) is 12.7. The van der Waals surface area contributed by atoms with Crippen molar-refractivity contribution >= 4 is 35.1 Å². The smallest absolute Gasteiger partial charge is 0.338 e. The second kappa shape index (κ2) is 7.69. The molecule has 24 heavy (non-hydrogen) atoms. The zero-order valence-electron chi connectivity index (χ0n) is 13.2. The van der Waals surface area contributed by atoms with Gasteiger partial charge in [-0.15, -0.1) is 0 Å². The van der Waals surface area contributed by atoms with Gasteiger partial charge in [0.2, 0.25) is 0 Å². The Labute approximate surface area is 150 Å². The summed E-state index contributed by atoms with van der Waals surface area (Å²) in [5, 5.41) is 1.06. The maximum absolute atomic E-state index is 12.1. The predicted octanol–water partition coefficient (Wildman–Crippen LogP) is 4.79. The van der Waals surface area contributed by atoms with E-state index in [1.807, 2.05) is 0 Å². The van der Waals surface area contributed by atoms with Crippen LogP contribution in [0.1, 0.15) is 34.6 Å². The van der Waals surface area contributed by atoms with Crippen molar-refractivity contribution < 1.29 is 19.1 Å². The lowest BCUT2D eigenvalue weighted by Crippen LogP contribution is -2.34. The second-order valence-corrected chi connectivity index (χ2v) is 6.61. The molecule has 0 aliphatic heterocycles. The molecule has 0 unspecified atom stereocenters. The first-order valence-electron chi connectivity index (χ1n) is 7.18. The monoisotopic (exact) mass is 366 g/mol. The van der Waals surface area contributed by atoms with Gasteiger partial charge in [-0.3, -0.25) is 0 Å². The van der Waals surface area contributed by atoms with E-state index in [1.54, 1.807) is 62.4 Å². The lowest BCUT2D eigenvalue weighted by molar-refractivity contribution is -0.0370. The van der Waals surface area contributed by atoms with Crippen molar-refractivity contribution in [3.05, 3.63) is 69.7 Å². The zero-order valence-corrected chi connectivity index (χ0v) is 14.7. The minimum Gasteiger partial charge on any atom is -0.458 e. The van der Waals surface area contributed by atoms with Gasteiger partial charge in [-0.1, -0.05) is 23.2 Å². The molecular formula is C18H16Cl2O4. The Morgan fingerprint density at radius 2 is 1.25 bits per heavy atom. The molecule has 2 aromatic rings. The molecule has 126 valence electrons. The van der Waals surface area contributed by atoms with Crippen molar-refractivity contribution in [3.8, 4) is 0 Å².